The minimum atomic E-state index is -0.303. The van der Waals surface area contributed by atoms with Gasteiger partial charge in [0.25, 0.3) is 0 Å². The summed E-state index contributed by atoms with van der Waals surface area (Å²) in [6, 6.07) is 6.58. The van der Waals surface area contributed by atoms with E-state index in [4.69, 9.17) is 4.74 Å². The molecule has 1 aliphatic heterocycles. The maximum absolute atomic E-state index is 12.9. The average molecular weight is 181 g/mol. The van der Waals surface area contributed by atoms with E-state index in [1.807, 2.05) is 6.07 Å². The molecule has 0 aromatic heterocycles. The van der Waals surface area contributed by atoms with E-state index in [0.717, 1.165) is 18.7 Å². The van der Waals surface area contributed by atoms with Gasteiger partial charge in [-0.1, -0.05) is 12.1 Å². The van der Waals surface area contributed by atoms with Crippen molar-refractivity contribution in [3.05, 3.63) is 35.6 Å². The molecule has 1 heterocycles. The molecular formula is C10H12FNO. The van der Waals surface area contributed by atoms with Crippen molar-refractivity contribution in [1.29, 1.82) is 0 Å². The highest BCUT2D eigenvalue weighted by atomic mass is 19.1. The monoisotopic (exact) mass is 181 g/mol. The van der Waals surface area contributed by atoms with Crippen molar-refractivity contribution in [3.63, 3.8) is 0 Å². The number of ether oxygens (including phenoxy) is 1. The number of hydrogen-bond acceptors (Lipinski definition) is 2. The normalized spacial score (nSPS) is 19.5. The van der Waals surface area contributed by atoms with Crippen LogP contribution in [-0.2, 0) is 10.3 Å². The van der Waals surface area contributed by atoms with Crippen molar-refractivity contribution >= 4 is 0 Å². The maximum atomic E-state index is 12.9. The van der Waals surface area contributed by atoms with Crippen molar-refractivity contribution in [2.45, 2.75) is 5.60 Å². The summed E-state index contributed by atoms with van der Waals surface area (Å²) in [7, 11) is 1.66. The van der Waals surface area contributed by atoms with E-state index in [-0.39, 0.29) is 11.4 Å². The number of hydrogen-bond donors (Lipinski definition) is 1. The van der Waals surface area contributed by atoms with Gasteiger partial charge >= 0.3 is 0 Å². The van der Waals surface area contributed by atoms with Crippen LogP contribution in [0.2, 0.25) is 0 Å². The van der Waals surface area contributed by atoms with Gasteiger partial charge in [0.2, 0.25) is 0 Å². The second-order valence-corrected chi connectivity index (χ2v) is 3.31. The highest BCUT2D eigenvalue weighted by Crippen LogP contribution is 2.29. The molecule has 1 aliphatic rings. The Hall–Kier alpha value is -0.930. The molecule has 0 saturated carbocycles. The molecule has 0 atom stereocenters. The van der Waals surface area contributed by atoms with Crippen molar-refractivity contribution in [2.75, 3.05) is 20.2 Å². The van der Waals surface area contributed by atoms with Gasteiger partial charge in [-0.3, -0.25) is 0 Å². The Labute approximate surface area is 76.7 Å². The smallest absolute Gasteiger partial charge is 0.123 e. The zero-order valence-corrected chi connectivity index (χ0v) is 7.51. The van der Waals surface area contributed by atoms with Crippen LogP contribution in [0.4, 0.5) is 4.39 Å². The predicted octanol–water partition coefficient (Wildman–Crippen LogP) is 1.27. The third kappa shape index (κ3) is 1.34. The highest BCUT2D eigenvalue weighted by molar-refractivity contribution is 5.27. The molecule has 1 N–H and O–H groups in total. The number of nitrogens with one attached hydrogen (secondary N) is 1. The first-order valence-corrected chi connectivity index (χ1v) is 4.29. The fourth-order valence-electron chi connectivity index (χ4n) is 1.59. The van der Waals surface area contributed by atoms with Gasteiger partial charge in [-0.25, -0.2) is 4.39 Å². The average Bonchev–Trinajstić information content (AvgIpc) is 2.03. The second kappa shape index (κ2) is 3.09. The van der Waals surface area contributed by atoms with Crippen LogP contribution < -0.4 is 5.32 Å². The van der Waals surface area contributed by atoms with Crippen LogP contribution in [0, 0.1) is 5.82 Å². The summed E-state index contributed by atoms with van der Waals surface area (Å²) < 4.78 is 18.3. The Kier molecular flexibility index (Phi) is 2.06. The van der Waals surface area contributed by atoms with Crippen LogP contribution in [0.25, 0.3) is 0 Å². The minimum Gasteiger partial charge on any atom is -0.371 e. The van der Waals surface area contributed by atoms with Gasteiger partial charge in [-0.05, 0) is 17.7 Å². The van der Waals surface area contributed by atoms with E-state index in [2.05, 4.69) is 5.32 Å². The third-order valence-corrected chi connectivity index (χ3v) is 2.56. The molecule has 0 bridgehead atoms. The lowest BCUT2D eigenvalue weighted by molar-refractivity contribution is -0.0567. The summed E-state index contributed by atoms with van der Waals surface area (Å²) >= 11 is 0. The number of benzene rings is 1. The van der Waals surface area contributed by atoms with E-state index in [1.54, 1.807) is 13.2 Å². The fraction of sp³-hybridized carbons (Fsp3) is 0.400. The van der Waals surface area contributed by atoms with E-state index in [1.165, 1.54) is 12.1 Å². The molecule has 0 aliphatic carbocycles. The van der Waals surface area contributed by atoms with E-state index >= 15 is 0 Å². The molecule has 1 aromatic rings. The molecule has 1 fully saturated rings. The van der Waals surface area contributed by atoms with Crippen molar-refractivity contribution in [3.8, 4) is 0 Å². The van der Waals surface area contributed by atoms with Crippen LogP contribution in [-0.4, -0.2) is 20.2 Å². The third-order valence-electron chi connectivity index (χ3n) is 2.56. The number of rotatable bonds is 2. The van der Waals surface area contributed by atoms with Crippen LogP contribution in [0.15, 0.2) is 24.3 Å². The first-order chi connectivity index (χ1) is 6.27. The summed E-state index contributed by atoms with van der Waals surface area (Å²) in [5, 5.41) is 3.12. The van der Waals surface area contributed by atoms with Gasteiger partial charge in [0.1, 0.15) is 11.4 Å². The van der Waals surface area contributed by atoms with Gasteiger partial charge in [0.05, 0.1) is 0 Å². The topological polar surface area (TPSA) is 21.3 Å². The standard InChI is InChI=1S/C10H12FNO/c1-13-10(6-12-7-10)8-3-2-4-9(11)5-8/h2-5,12H,6-7H2,1H3. The largest absolute Gasteiger partial charge is 0.371 e. The first-order valence-electron chi connectivity index (χ1n) is 4.29. The Balaban J connectivity index is 2.33. The molecule has 0 amide bonds. The van der Waals surface area contributed by atoms with E-state index < -0.39 is 0 Å². The Morgan fingerprint density at radius 3 is 2.69 bits per heavy atom. The Morgan fingerprint density at radius 1 is 1.46 bits per heavy atom. The molecule has 70 valence electrons. The van der Waals surface area contributed by atoms with Gasteiger partial charge in [-0.15, -0.1) is 0 Å². The van der Waals surface area contributed by atoms with Gasteiger partial charge in [0.15, 0.2) is 0 Å². The van der Waals surface area contributed by atoms with Gasteiger partial charge < -0.3 is 10.1 Å². The van der Waals surface area contributed by atoms with Crippen LogP contribution in [0.5, 0.6) is 0 Å². The molecule has 3 heteroatoms. The van der Waals surface area contributed by atoms with Crippen LogP contribution in [0.3, 0.4) is 0 Å². The summed E-state index contributed by atoms with van der Waals surface area (Å²) in [6.07, 6.45) is 0. The Morgan fingerprint density at radius 2 is 2.23 bits per heavy atom. The quantitative estimate of drug-likeness (QED) is 0.741. The van der Waals surface area contributed by atoms with Gasteiger partial charge in [0, 0.05) is 20.2 Å². The summed E-state index contributed by atoms with van der Waals surface area (Å²) in [5.74, 6) is -0.208. The highest BCUT2D eigenvalue weighted by Gasteiger charge is 2.38. The number of methoxy groups -OCH3 is 1. The molecule has 0 radical (unpaired) electrons. The molecule has 2 nitrogen and oxygen atoms in total. The molecule has 0 spiro atoms. The molecular weight excluding hydrogens is 169 g/mol. The molecule has 1 saturated heterocycles. The van der Waals surface area contributed by atoms with Crippen molar-refractivity contribution in [2.24, 2.45) is 0 Å². The Bertz CT molecular complexity index is 304. The minimum absolute atomic E-state index is 0.208. The maximum Gasteiger partial charge on any atom is 0.123 e. The van der Waals surface area contributed by atoms with Crippen LogP contribution >= 0.6 is 0 Å². The van der Waals surface area contributed by atoms with Crippen molar-refractivity contribution in [1.82, 2.24) is 5.32 Å². The SMILES string of the molecule is COC1(c2cccc(F)c2)CNC1. The predicted molar refractivity (Wildman–Crippen MR) is 48.0 cm³/mol. The van der Waals surface area contributed by atoms with E-state index in [0.29, 0.717) is 0 Å². The van der Waals surface area contributed by atoms with Gasteiger partial charge in [-0.2, -0.15) is 0 Å². The molecule has 0 unspecified atom stereocenters. The molecule has 2 rings (SSSR count). The van der Waals surface area contributed by atoms with Crippen LogP contribution in [0.1, 0.15) is 5.56 Å². The number of halogens is 1. The summed E-state index contributed by atoms with van der Waals surface area (Å²) in [4.78, 5) is 0. The lowest BCUT2D eigenvalue weighted by atomic mass is 9.88. The fourth-order valence-corrected chi connectivity index (χ4v) is 1.59. The molecule has 13 heavy (non-hydrogen) atoms. The first kappa shape index (κ1) is 8.66. The lowest BCUT2D eigenvalue weighted by Crippen LogP contribution is -2.58. The summed E-state index contributed by atoms with van der Waals surface area (Å²) in [6.45, 7) is 1.51. The lowest BCUT2D eigenvalue weighted by Gasteiger charge is -2.41. The zero-order chi connectivity index (χ0) is 9.31. The van der Waals surface area contributed by atoms with Crippen molar-refractivity contribution < 1.29 is 9.13 Å². The summed E-state index contributed by atoms with van der Waals surface area (Å²) in [5.41, 5.74) is 0.607. The molecule has 1 aromatic carbocycles. The zero-order valence-electron chi connectivity index (χ0n) is 7.51. The van der Waals surface area contributed by atoms with E-state index in [9.17, 15) is 4.39 Å². The second-order valence-electron chi connectivity index (χ2n) is 3.31.